The zero-order valence-electron chi connectivity index (χ0n) is 14.7. The van der Waals surface area contributed by atoms with Crippen LogP contribution in [0.5, 0.6) is 5.75 Å². The lowest BCUT2D eigenvalue weighted by Gasteiger charge is -2.14. The Balaban J connectivity index is 1.98. The Hall–Kier alpha value is -2.87. The maximum atomic E-state index is 13.4. The predicted octanol–water partition coefficient (Wildman–Crippen LogP) is 1.52. The number of hydrogen-bond donors (Lipinski definition) is 3. The molecule has 7 nitrogen and oxygen atoms in total. The zero-order chi connectivity index (χ0) is 19.0. The fraction of sp³-hybridized carbons (Fsp3) is 0.333. The normalized spacial score (nSPS) is 16.3. The molecule has 0 spiro atoms. The smallest absolute Gasteiger partial charge is 0.276 e. The Kier molecular flexibility index (Phi) is 4.69. The van der Waals surface area contributed by atoms with Crippen molar-refractivity contribution in [2.75, 3.05) is 18.5 Å². The second-order valence-electron chi connectivity index (χ2n) is 6.28. The number of aromatic nitrogens is 1. The topological polar surface area (TPSA) is 92.6 Å². The molecule has 0 aliphatic carbocycles. The number of halogens is 1. The van der Waals surface area contributed by atoms with Crippen LogP contribution in [0.3, 0.4) is 0 Å². The molecule has 8 heteroatoms. The van der Waals surface area contributed by atoms with Gasteiger partial charge >= 0.3 is 0 Å². The van der Waals surface area contributed by atoms with Crippen LogP contribution in [0.2, 0.25) is 0 Å². The lowest BCUT2D eigenvalue weighted by Crippen LogP contribution is -2.39. The van der Waals surface area contributed by atoms with Gasteiger partial charge in [-0.25, -0.2) is 4.39 Å². The summed E-state index contributed by atoms with van der Waals surface area (Å²) in [5.74, 6) is -1.06. The lowest BCUT2D eigenvalue weighted by atomic mass is 10.2. The van der Waals surface area contributed by atoms with Gasteiger partial charge in [0.15, 0.2) is 11.4 Å². The first-order valence-corrected chi connectivity index (χ1v) is 8.14. The molecular formula is C18H20FN3O4. The summed E-state index contributed by atoms with van der Waals surface area (Å²) in [6.45, 7) is 3.10. The second kappa shape index (κ2) is 6.80. The molecule has 2 heterocycles. The van der Waals surface area contributed by atoms with Gasteiger partial charge < -0.3 is 25.0 Å². The highest BCUT2D eigenvalue weighted by Gasteiger charge is 2.32. The van der Waals surface area contributed by atoms with Gasteiger partial charge in [0.05, 0.1) is 12.6 Å². The van der Waals surface area contributed by atoms with Crippen LogP contribution < -0.4 is 15.4 Å². The first-order chi connectivity index (χ1) is 12.3. The number of amides is 2. The minimum absolute atomic E-state index is 0.0502. The number of hydrogen-bond acceptors (Lipinski definition) is 4. The quantitative estimate of drug-likeness (QED) is 0.773. The van der Waals surface area contributed by atoms with E-state index in [2.05, 4.69) is 10.6 Å². The summed E-state index contributed by atoms with van der Waals surface area (Å²) in [5, 5.41) is 14.7. The van der Waals surface area contributed by atoms with E-state index in [0.29, 0.717) is 16.9 Å². The van der Waals surface area contributed by atoms with Crippen LogP contribution in [0.15, 0.2) is 18.2 Å². The summed E-state index contributed by atoms with van der Waals surface area (Å²) >= 11 is 0. The third-order valence-electron chi connectivity index (χ3n) is 4.48. The molecule has 1 atom stereocenters. The number of nitrogens with zero attached hydrogens (tertiary/aromatic N) is 1. The number of ether oxygens (including phenoxy) is 1. The summed E-state index contributed by atoms with van der Waals surface area (Å²) in [5.41, 5.74) is 1.87. The molecule has 1 aliphatic rings. The Morgan fingerprint density at radius 1 is 1.46 bits per heavy atom. The van der Waals surface area contributed by atoms with Crippen LogP contribution in [-0.4, -0.2) is 40.7 Å². The molecule has 3 rings (SSSR count). The molecule has 1 unspecified atom stereocenters. The number of carbonyl (C=O) groups is 2. The fourth-order valence-corrected chi connectivity index (χ4v) is 2.93. The highest BCUT2D eigenvalue weighted by molar-refractivity contribution is 6.09. The molecule has 26 heavy (non-hydrogen) atoms. The summed E-state index contributed by atoms with van der Waals surface area (Å²) in [6.07, 6.45) is 0. The number of aryl methyl sites for hydroxylation is 1. The van der Waals surface area contributed by atoms with E-state index in [1.807, 2.05) is 0 Å². The molecule has 2 amide bonds. The highest BCUT2D eigenvalue weighted by Crippen LogP contribution is 2.32. The molecule has 1 aromatic carbocycles. The average Bonchev–Trinajstić information content (AvgIpc) is 2.74. The van der Waals surface area contributed by atoms with Gasteiger partial charge in [-0.3, -0.25) is 9.59 Å². The molecule has 0 bridgehead atoms. The molecule has 1 aliphatic heterocycles. The van der Waals surface area contributed by atoms with Crippen LogP contribution in [-0.2, 0) is 7.05 Å². The second-order valence-corrected chi connectivity index (χ2v) is 6.28. The van der Waals surface area contributed by atoms with Crippen molar-refractivity contribution in [2.45, 2.75) is 19.9 Å². The number of benzene rings is 1. The van der Waals surface area contributed by atoms with Gasteiger partial charge in [-0.15, -0.1) is 0 Å². The Morgan fingerprint density at radius 3 is 2.85 bits per heavy atom. The molecule has 0 radical (unpaired) electrons. The van der Waals surface area contributed by atoms with Crippen LogP contribution in [0, 0.1) is 19.7 Å². The Morgan fingerprint density at radius 2 is 2.19 bits per heavy atom. The van der Waals surface area contributed by atoms with E-state index in [1.165, 1.54) is 18.2 Å². The minimum atomic E-state index is -0.546. The van der Waals surface area contributed by atoms with E-state index in [4.69, 9.17) is 4.74 Å². The number of carbonyl (C=O) groups excluding carboxylic acids is 2. The lowest BCUT2D eigenvalue weighted by molar-refractivity contribution is 0.0910. The number of aliphatic hydroxyl groups is 1. The first-order valence-electron chi connectivity index (χ1n) is 8.14. The molecule has 2 aromatic rings. The summed E-state index contributed by atoms with van der Waals surface area (Å²) in [7, 11) is 1.66. The van der Waals surface area contributed by atoms with Crippen LogP contribution in [0.4, 0.5) is 10.1 Å². The molecule has 138 valence electrons. The Bertz CT molecular complexity index is 891. The van der Waals surface area contributed by atoms with E-state index in [-0.39, 0.29) is 36.0 Å². The van der Waals surface area contributed by atoms with Crippen LogP contribution >= 0.6 is 0 Å². The SMILES string of the molecule is Cc1cc(NC(=O)c2c3c(c(C)n2C)C(=O)NC(CO)CO3)ccc1F. The standard InChI is InChI=1S/C18H20FN3O4/c1-9-6-11(4-5-13(9)19)20-18(25)15-16-14(10(2)22(15)3)17(24)21-12(7-23)8-26-16/h4-6,12,23H,7-8H2,1-3H3,(H,20,25)(H,21,24). The van der Waals surface area contributed by atoms with Crippen molar-refractivity contribution in [3.63, 3.8) is 0 Å². The van der Waals surface area contributed by atoms with Gasteiger partial charge in [-0.2, -0.15) is 0 Å². The monoisotopic (exact) mass is 361 g/mol. The molecule has 1 aromatic heterocycles. The molecule has 3 N–H and O–H groups in total. The zero-order valence-corrected chi connectivity index (χ0v) is 14.7. The van der Waals surface area contributed by atoms with E-state index in [1.54, 1.807) is 25.5 Å². The molecular weight excluding hydrogens is 341 g/mol. The third kappa shape index (κ3) is 3.03. The van der Waals surface area contributed by atoms with Gasteiger partial charge in [0.25, 0.3) is 11.8 Å². The number of nitrogens with one attached hydrogen (secondary N) is 2. The molecule has 0 fully saturated rings. The van der Waals surface area contributed by atoms with E-state index < -0.39 is 17.9 Å². The average molecular weight is 361 g/mol. The maximum absolute atomic E-state index is 13.4. The third-order valence-corrected chi connectivity index (χ3v) is 4.48. The van der Waals surface area contributed by atoms with E-state index >= 15 is 0 Å². The van der Waals surface area contributed by atoms with E-state index in [0.717, 1.165) is 0 Å². The van der Waals surface area contributed by atoms with Crippen molar-refractivity contribution in [1.82, 2.24) is 9.88 Å². The fourth-order valence-electron chi connectivity index (χ4n) is 2.93. The number of anilines is 1. The van der Waals surface area contributed by atoms with Crippen LogP contribution in [0.1, 0.15) is 32.1 Å². The molecule has 0 saturated heterocycles. The van der Waals surface area contributed by atoms with Crippen molar-refractivity contribution in [3.05, 3.63) is 46.5 Å². The summed E-state index contributed by atoms with van der Waals surface area (Å²) in [4.78, 5) is 25.2. The first kappa shape index (κ1) is 17.9. The van der Waals surface area contributed by atoms with Crippen molar-refractivity contribution in [1.29, 1.82) is 0 Å². The minimum Gasteiger partial charge on any atom is -0.488 e. The molecule has 0 saturated carbocycles. The predicted molar refractivity (Wildman–Crippen MR) is 93.1 cm³/mol. The number of fused-ring (bicyclic) bond motifs is 1. The highest BCUT2D eigenvalue weighted by atomic mass is 19.1. The van der Waals surface area contributed by atoms with Crippen molar-refractivity contribution < 1.29 is 23.8 Å². The van der Waals surface area contributed by atoms with Crippen molar-refractivity contribution in [3.8, 4) is 5.75 Å². The van der Waals surface area contributed by atoms with Gasteiger partial charge in [0, 0.05) is 18.4 Å². The number of rotatable bonds is 3. The van der Waals surface area contributed by atoms with Crippen molar-refractivity contribution >= 4 is 17.5 Å². The Labute approximate surface area is 149 Å². The van der Waals surface area contributed by atoms with Crippen molar-refractivity contribution in [2.24, 2.45) is 7.05 Å². The van der Waals surface area contributed by atoms with Gasteiger partial charge in [0.1, 0.15) is 18.0 Å². The van der Waals surface area contributed by atoms with Gasteiger partial charge in [0.2, 0.25) is 0 Å². The summed E-state index contributed by atoms with van der Waals surface area (Å²) < 4.78 is 20.7. The summed E-state index contributed by atoms with van der Waals surface area (Å²) in [6, 6.07) is 3.72. The van der Waals surface area contributed by atoms with Crippen LogP contribution in [0.25, 0.3) is 0 Å². The van der Waals surface area contributed by atoms with E-state index in [9.17, 15) is 19.1 Å². The maximum Gasteiger partial charge on any atom is 0.276 e. The van der Waals surface area contributed by atoms with Gasteiger partial charge in [-0.1, -0.05) is 0 Å². The number of aliphatic hydroxyl groups excluding tert-OH is 1. The van der Waals surface area contributed by atoms with Gasteiger partial charge in [-0.05, 0) is 37.6 Å². The largest absolute Gasteiger partial charge is 0.488 e.